The van der Waals surface area contributed by atoms with Gasteiger partial charge in [0.25, 0.3) is 0 Å². The predicted molar refractivity (Wildman–Crippen MR) is 76.7 cm³/mol. The van der Waals surface area contributed by atoms with Gasteiger partial charge in [-0.25, -0.2) is 5.43 Å². The Bertz CT molecular complexity index is 559. The van der Waals surface area contributed by atoms with Gasteiger partial charge in [0, 0.05) is 9.75 Å². The average Bonchev–Trinajstić information content (AvgIpc) is 2.99. The Kier molecular flexibility index (Phi) is 3.20. The van der Waals surface area contributed by atoms with Crippen LogP contribution in [0.1, 0.15) is 38.9 Å². The molecule has 1 aliphatic rings. The molecule has 1 unspecified atom stereocenters. The van der Waals surface area contributed by atoms with Crippen LogP contribution in [0.2, 0.25) is 0 Å². The fourth-order valence-electron chi connectivity index (χ4n) is 2.72. The van der Waals surface area contributed by atoms with Gasteiger partial charge < -0.3 is 0 Å². The molecule has 2 nitrogen and oxygen atoms in total. The minimum absolute atomic E-state index is 0.120. The molecule has 3 rings (SSSR count). The highest BCUT2D eigenvalue weighted by Gasteiger charge is 2.17. The summed E-state index contributed by atoms with van der Waals surface area (Å²) in [5.74, 6) is 5.75. The monoisotopic (exact) mass is 258 g/mol. The van der Waals surface area contributed by atoms with E-state index >= 15 is 0 Å². The second kappa shape index (κ2) is 4.84. The summed E-state index contributed by atoms with van der Waals surface area (Å²) in [5.41, 5.74) is 7.24. The standard InChI is InChI=1S/C15H18N2S/c1-10-5-8-14(18-10)15(17-16)13-7-6-11-3-2-4-12(11)9-13/h5-9,15,17H,2-4,16H2,1H3. The summed E-state index contributed by atoms with van der Waals surface area (Å²) in [6.45, 7) is 2.13. The Morgan fingerprint density at radius 1 is 1.17 bits per heavy atom. The van der Waals surface area contributed by atoms with Crippen molar-refractivity contribution in [2.45, 2.75) is 32.2 Å². The van der Waals surface area contributed by atoms with Crippen molar-refractivity contribution >= 4 is 11.3 Å². The summed E-state index contributed by atoms with van der Waals surface area (Å²) in [4.78, 5) is 2.61. The number of nitrogens with two attached hydrogens (primary N) is 1. The smallest absolute Gasteiger partial charge is 0.0802 e. The molecule has 0 fully saturated rings. The Morgan fingerprint density at radius 3 is 2.72 bits per heavy atom. The third-order valence-electron chi connectivity index (χ3n) is 3.67. The van der Waals surface area contributed by atoms with Crippen LogP contribution >= 0.6 is 11.3 Å². The second-order valence-corrected chi connectivity index (χ2v) is 6.25. The van der Waals surface area contributed by atoms with Gasteiger partial charge in [-0.1, -0.05) is 18.2 Å². The number of aryl methyl sites for hydroxylation is 3. The maximum absolute atomic E-state index is 5.75. The van der Waals surface area contributed by atoms with E-state index in [0.717, 1.165) is 0 Å². The molecule has 1 aromatic heterocycles. The third-order valence-corrected chi connectivity index (χ3v) is 4.73. The van der Waals surface area contributed by atoms with E-state index in [9.17, 15) is 0 Å². The molecule has 1 aliphatic carbocycles. The summed E-state index contributed by atoms with van der Waals surface area (Å²) < 4.78 is 0. The number of thiophene rings is 1. The number of nitrogens with one attached hydrogen (secondary N) is 1. The normalized spacial score (nSPS) is 15.7. The Balaban J connectivity index is 1.96. The van der Waals surface area contributed by atoms with Crippen LogP contribution in [0.4, 0.5) is 0 Å². The van der Waals surface area contributed by atoms with Crippen molar-refractivity contribution in [3.63, 3.8) is 0 Å². The van der Waals surface area contributed by atoms with Crippen LogP contribution in [0.25, 0.3) is 0 Å². The molecule has 3 N–H and O–H groups in total. The molecule has 0 aliphatic heterocycles. The Morgan fingerprint density at radius 2 is 2.00 bits per heavy atom. The van der Waals surface area contributed by atoms with E-state index in [1.165, 1.54) is 45.7 Å². The molecule has 1 aromatic carbocycles. The van der Waals surface area contributed by atoms with E-state index in [0.29, 0.717) is 0 Å². The van der Waals surface area contributed by atoms with Gasteiger partial charge in [-0.2, -0.15) is 0 Å². The molecule has 0 saturated carbocycles. The lowest BCUT2D eigenvalue weighted by atomic mass is 10.0. The molecule has 0 saturated heterocycles. The molecule has 0 radical (unpaired) electrons. The van der Waals surface area contributed by atoms with Crippen LogP contribution in [0.5, 0.6) is 0 Å². The summed E-state index contributed by atoms with van der Waals surface area (Å²) in [6.07, 6.45) is 3.73. The van der Waals surface area contributed by atoms with E-state index in [2.05, 4.69) is 42.7 Å². The summed E-state index contributed by atoms with van der Waals surface area (Å²) >= 11 is 1.81. The lowest BCUT2D eigenvalue weighted by Gasteiger charge is -2.16. The van der Waals surface area contributed by atoms with Gasteiger partial charge in [0.15, 0.2) is 0 Å². The molecule has 0 amide bonds. The van der Waals surface area contributed by atoms with Crippen molar-refractivity contribution in [3.05, 3.63) is 56.8 Å². The highest BCUT2D eigenvalue weighted by atomic mass is 32.1. The van der Waals surface area contributed by atoms with Crippen molar-refractivity contribution in [1.82, 2.24) is 5.43 Å². The quantitative estimate of drug-likeness (QED) is 0.656. The zero-order valence-corrected chi connectivity index (χ0v) is 11.4. The zero-order chi connectivity index (χ0) is 12.5. The fraction of sp³-hybridized carbons (Fsp3) is 0.333. The molecular formula is C15H18N2S. The summed E-state index contributed by atoms with van der Waals surface area (Å²) in [7, 11) is 0. The third kappa shape index (κ3) is 2.09. The highest BCUT2D eigenvalue weighted by molar-refractivity contribution is 7.12. The Hall–Kier alpha value is -1.16. The number of hydrazine groups is 1. The van der Waals surface area contributed by atoms with Gasteiger partial charge in [0.2, 0.25) is 0 Å². The van der Waals surface area contributed by atoms with Crippen LogP contribution in [0.3, 0.4) is 0 Å². The average molecular weight is 258 g/mol. The topological polar surface area (TPSA) is 38.0 Å². The van der Waals surface area contributed by atoms with Gasteiger partial charge in [-0.3, -0.25) is 5.84 Å². The molecule has 1 heterocycles. The van der Waals surface area contributed by atoms with Crippen LogP contribution in [0.15, 0.2) is 30.3 Å². The van der Waals surface area contributed by atoms with E-state index in [4.69, 9.17) is 5.84 Å². The number of fused-ring (bicyclic) bond motifs is 1. The van der Waals surface area contributed by atoms with Crippen LogP contribution < -0.4 is 11.3 Å². The van der Waals surface area contributed by atoms with Crippen LogP contribution in [-0.4, -0.2) is 0 Å². The van der Waals surface area contributed by atoms with Gasteiger partial charge >= 0.3 is 0 Å². The number of hydrogen-bond acceptors (Lipinski definition) is 3. The highest BCUT2D eigenvalue weighted by Crippen LogP contribution is 2.31. The maximum Gasteiger partial charge on any atom is 0.0802 e. The van der Waals surface area contributed by atoms with Crippen molar-refractivity contribution in [2.75, 3.05) is 0 Å². The van der Waals surface area contributed by atoms with E-state index in [1.807, 2.05) is 0 Å². The zero-order valence-electron chi connectivity index (χ0n) is 10.6. The van der Waals surface area contributed by atoms with Crippen molar-refractivity contribution in [1.29, 1.82) is 0 Å². The first-order valence-corrected chi connectivity index (χ1v) is 7.24. The minimum Gasteiger partial charge on any atom is -0.271 e. The first-order valence-electron chi connectivity index (χ1n) is 6.42. The SMILES string of the molecule is Cc1ccc(C(NN)c2ccc3c(c2)CCC3)s1. The molecule has 94 valence electrons. The van der Waals surface area contributed by atoms with E-state index < -0.39 is 0 Å². The lowest BCUT2D eigenvalue weighted by molar-refractivity contribution is 0.646. The summed E-state index contributed by atoms with van der Waals surface area (Å²) in [5, 5.41) is 0. The van der Waals surface area contributed by atoms with E-state index in [-0.39, 0.29) is 6.04 Å². The van der Waals surface area contributed by atoms with E-state index in [1.54, 1.807) is 11.3 Å². The molecule has 0 bridgehead atoms. The number of benzene rings is 1. The first kappa shape index (κ1) is 11.9. The maximum atomic E-state index is 5.75. The van der Waals surface area contributed by atoms with Gasteiger partial charge in [-0.15, -0.1) is 11.3 Å². The molecular weight excluding hydrogens is 240 g/mol. The minimum atomic E-state index is 0.120. The van der Waals surface area contributed by atoms with Crippen LogP contribution in [0, 0.1) is 6.92 Å². The van der Waals surface area contributed by atoms with Gasteiger partial charge in [-0.05, 0) is 55.0 Å². The first-order chi connectivity index (χ1) is 8.78. The molecule has 1 atom stereocenters. The van der Waals surface area contributed by atoms with Crippen molar-refractivity contribution < 1.29 is 0 Å². The fourth-order valence-corrected chi connectivity index (χ4v) is 3.69. The van der Waals surface area contributed by atoms with Gasteiger partial charge in [0.1, 0.15) is 0 Å². The number of hydrogen-bond donors (Lipinski definition) is 2. The molecule has 3 heteroatoms. The van der Waals surface area contributed by atoms with Crippen molar-refractivity contribution in [3.8, 4) is 0 Å². The van der Waals surface area contributed by atoms with Crippen LogP contribution in [-0.2, 0) is 12.8 Å². The molecule has 18 heavy (non-hydrogen) atoms. The summed E-state index contributed by atoms with van der Waals surface area (Å²) in [6, 6.07) is 11.2. The van der Waals surface area contributed by atoms with Gasteiger partial charge in [0.05, 0.1) is 6.04 Å². The second-order valence-electron chi connectivity index (χ2n) is 4.93. The predicted octanol–water partition coefficient (Wildman–Crippen LogP) is 3.10. The number of rotatable bonds is 3. The van der Waals surface area contributed by atoms with Crippen molar-refractivity contribution in [2.24, 2.45) is 5.84 Å². The largest absolute Gasteiger partial charge is 0.271 e. The Labute approximate surface area is 112 Å². The molecule has 2 aromatic rings. The molecule has 0 spiro atoms. The lowest BCUT2D eigenvalue weighted by Crippen LogP contribution is -2.28.